The molecule has 0 fully saturated rings. The van der Waals surface area contributed by atoms with E-state index < -0.39 is 0 Å². The highest BCUT2D eigenvalue weighted by Crippen LogP contribution is 2.21. The molecule has 0 aliphatic carbocycles. The van der Waals surface area contributed by atoms with Gasteiger partial charge in [0.1, 0.15) is 5.75 Å². The molecule has 0 saturated carbocycles. The third-order valence-electron chi connectivity index (χ3n) is 2.52. The molecule has 1 amide bonds. The van der Waals surface area contributed by atoms with Crippen molar-refractivity contribution in [1.29, 1.82) is 0 Å². The van der Waals surface area contributed by atoms with E-state index in [-0.39, 0.29) is 18.1 Å². The molecular formula is C14H14N2O2. The van der Waals surface area contributed by atoms with Crippen molar-refractivity contribution in [3.63, 3.8) is 0 Å². The van der Waals surface area contributed by atoms with E-state index in [0.29, 0.717) is 5.69 Å². The molecule has 4 nitrogen and oxygen atoms in total. The van der Waals surface area contributed by atoms with E-state index in [1.807, 2.05) is 30.3 Å². The van der Waals surface area contributed by atoms with Gasteiger partial charge in [0.05, 0.1) is 12.1 Å². The fourth-order valence-electron chi connectivity index (χ4n) is 1.61. The molecule has 18 heavy (non-hydrogen) atoms. The van der Waals surface area contributed by atoms with Gasteiger partial charge in [0.2, 0.25) is 5.91 Å². The number of nitrogens with two attached hydrogens (primary N) is 1. The van der Waals surface area contributed by atoms with Gasteiger partial charge in [-0.2, -0.15) is 0 Å². The first kappa shape index (κ1) is 12.0. The number of carbonyl (C=O) groups is 1. The Morgan fingerprint density at radius 2 is 1.89 bits per heavy atom. The Balaban J connectivity index is 2.01. The Hall–Kier alpha value is -2.49. The number of aromatic hydroxyl groups is 1. The van der Waals surface area contributed by atoms with Gasteiger partial charge in [0, 0.05) is 5.69 Å². The van der Waals surface area contributed by atoms with Gasteiger partial charge >= 0.3 is 0 Å². The molecule has 92 valence electrons. The fourth-order valence-corrected chi connectivity index (χ4v) is 1.61. The van der Waals surface area contributed by atoms with E-state index in [2.05, 4.69) is 5.32 Å². The first-order valence-electron chi connectivity index (χ1n) is 5.57. The number of amides is 1. The summed E-state index contributed by atoms with van der Waals surface area (Å²) < 4.78 is 0. The van der Waals surface area contributed by atoms with E-state index in [1.54, 1.807) is 12.1 Å². The number of anilines is 2. The Morgan fingerprint density at radius 1 is 1.17 bits per heavy atom. The van der Waals surface area contributed by atoms with Crippen LogP contribution >= 0.6 is 0 Å². The van der Waals surface area contributed by atoms with Crippen molar-refractivity contribution >= 4 is 17.3 Å². The molecule has 4 N–H and O–H groups in total. The average Bonchev–Trinajstić information content (AvgIpc) is 2.35. The van der Waals surface area contributed by atoms with Gasteiger partial charge in [0.25, 0.3) is 0 Å². The Morgan fingerprint density at radius 3 is 2.56 bits per heavy atom. The van der Waals surface area contributed by atoms with Crippen LogP contribution in [0.3, 0.4) is 0 Å². The SMILES string of the molecule is Nc1ccc(CC(=O)Nc2ccccc2)cc1O. The second kappa shape index (κ2) is 5.23. The standard InChI is InChI=1S/C14H14N2O2/c15-12-7-6-10(8-13(12)17)9-14(18)16-11-4-2-1-3-5-11/h1-8,17H,9,15H2,(H,16,18). The monoisotopic (exact) mass is 242 g/mol. The molecule has 0 spiro atoms. The largest absolute Gasteiger partial charge is 0.506 e. The van der Waals surface area contributed by atoms with E-state index in [0.717, 1.165) is 11.3 Å². The summed E-state index contributed by atoms with van der Waals surface area (Å²) in [5.74, 6) is -0.134. The normalized spacial score (nSPS) is 10.0. The second-order valence-electron chi connectivity index (χ2n) is 3.98. The number of para-hydroxylation sites is 1. The highest BCUT2D eigenvalue weighted by molar-refractivity contribution is 5.92. The number of phenolic OH excluding ortho intramolecular Hbond substituents is 1. The van der Waals surface area contributed by atoms with Crippen LogP contribution in [-0.4, -0.2) is 11.0 Å². The van der Waals surface area contributed by atoms with Gasteiger partial charge < -0.3 is 16.2 Å². The number of benzene rings is 2. The summed E-state index contributed by atoms with van der Waals surface area (Å²) in [5, 5.41) is 12.2. The first-order chi connectivity index (χ1) is 8.65. The molecule has 0 aliphatic rings. The Kier molecular flexibility index (Phi) is 3.48. The summed E-state index contributed by atoms with van der Waals surface area (Å²) in [7, 11) is 0. The van der Waals surface area contributed by atoms with Gasteiger partial charge in [-0.05, 0) is 29.8 Å². The molecule has 2 aromatic carbocycles. The number of hydrogen-bond donors (Lipinski definition) is 3. The highest BCUT2D eigenvalue weighted by Gasteiger charge is 2.05. The minimum atomic E-state index is -0.134. The number of carbonyl (C=O) groups excluding carboxylic acids is 1. The average molecular weight is 242 g/mol. The maximum absolute atomic E-state index is 11.8. The third kappa shape index (κ3) is 3.01. The summed E-state index contributed by atoms with van der Waals surface area (Å²) in [6.45, 7) is 0. The molecule has 0 bridgehead atoms. The number of nitrogen functional groups attached to an aromatic ring is 1. The lowest BCUT2D eigenvalue weighted by Gasteiger charge is -2.06. The van der Waals surface area contributed by atoms with Gasteiger partial charge in [0.15, 0.2) is 0 Å². The van der Waals surface area contributed by atoms with Gasteiger partial charge in [-0.3, -0.25) is 4.79 Å². The molecule has 0 unspecified atom stereocenters. The molecule has 2 rings (SSSR count). The summed E-state index contributed by atoms with van der Waals surface area (Å²) in [6.07, 6.45) is 0.197. The van der Waals surface area contributed by atoms with Crippen molar-refractivity contribution < 1.29 is 9.90 Å². The molecule has 0 saturated heterocycles. The van der Waals surface area contributed by atoms with E-state index in [9.17, 15) is 9.90 Å². The number of hydrogen-bond acceptors (Lipinski definition) is 3. The summed E-state index contributed by atoms with van der Waals surface area (Å²) >= 11 is 0. The topological polar surface area (TPSA) is 75.4 Å². The van der Waals surface area contributed by atoms with Crippen molar-refractivity contribution in [2.24, 2.45) is 0 Å². The quantitative estimate of drug-likeness (QED) is 0.570. The molecule has 0 heterocycles. The molecular weight excluding hydrogens is 228 g/mol. The maximum Gasteiger partial charge on any atom is 0.228 e. The van der Waals surface area contributed by atoms with Crippen LogP contribution in [0.4, 0.5) is 11.4 Å². The molecule has 0 atom stereocenters. The fraction of sp³-hybridized carbons (Fsp3) is 0.0714. The summed E-state index contributed by atoms with van der Waals surface area (Å²) in [4.78, 5) is 11.8. The zero-order chi connectivity index (χ0) is 13.0. The van der Waals surface area contributed by atoms with Crippen molar-refractivity contribution in [3.05, 3.63) is 54.1 Å². The Labute approximate surface area is 105 Å². The molecule has 0 aromatic heterocycles. The molecule has 4 heteroatoms. The number of nitrogens with one attached hydrogen (secondary N) is 1. The first-order valence-corrected chi connectivity index (χ1v) is 5.57. The lowest BCUT2D eigenvalue weighted by atomic mass is 10.1. The van der Waals surface area contributed by atoms with Crippen LogP contribution in [0.5, 0.6) is 5.75 Å². The van der Waals surface area contributed by atoms with Crippen molar-refractivity contribution in [3.8, 4) is 5.75 Å². The van der Waals surface area contributed by atoms with Crippen LogP contribution in [0.1, 0.15) is 5.56 Å². The predicted molar refractivity (Wildman–Crippen MR) is 71.3 cm³/mol. The van der Waals surface area contributed by atoms with Gasteiger partial charge in [-0.25, -0.2) is 0 Å². The van der Waals surface area contributed by atoms with Crippen LogP contribution in [-0.2, 0) is 11.2 Å². The lowest BCUT2D eigenvalue weighted by Crippen LogP contribution is -2.14. The predicted octanol–water partition coefficient (Wildman–Crippen LogP) is 2.16. The van der Waals surface area contributed by atoms with E-state index >= 15 is 0 Å². The summed E-state index contributed by atoms with van der Waals surface area (Å²) in [5.41, 5.74) is 7.27. The van der Waals surface area contributed by atoms with E-state index in [4.69, 9.17) is 5.73 Å². The van der Waals surface area contributed by atoms with E-state index in [1.165, 1.54) is 6.07 Å². The molecule has 2 aromatic rings. The van der Waals surface area contributed by atoms with Crippen molar-refractivity contribution in [1.82, 2.24) is 0 Å². The van der Waals surface area contributed by atoms with Crippen LogP contribution in [0.2, 0.25) is 0 Å². The van der Waals surface area contributed by atoms with Crippen LogP contribution in [0, 0.1) is 0 Å². The van der Waals surface area contributed by atoms with Crippen LogP contribution in [0.15, 0.2) is 48.5 Å². The molecule has 0 aliphatic heterocycles. The summed E-state index contributed by atoms with van der Waals surface area (Å²) in [6, 6.07) is 14.0. The number of rotatable bonds is 3. The molecule has 0 radical (unpaired) electrons. The smallest absolute Gasteiger partial charge is 0.228 e. The highest BCUT2D eigenvalue weighted by atomic mass is 16.3. The van der Waals surface area contributed by atoms with Crippen molar-refractivity contribution in [2.75, 3.05) is 11.1 Å². The third-order valence-corrected chi connectivity index (χ3v) is 2.52. The Bertz CT molecular complexity index is 553. The lowest BCUT2D eigenvalue weighted by molar-refractivity contribution is -0.115. The minimum Gasteiger partial charge on any atom is -0.506 e. The zero-order valence-corrected chi connectivity index (χ0v) is 9.76. The zero-order valence-electron chi connectivity index (χ0n) is 9.76. The minimum absolute atomic E-state index is 0.0000103. The maximum atomic E-state index is 11.8. The van der Waals surface area contributed by atoms with Crippen LogP contribution < -0.4 is 11.1 Å². The van der Waals surface area contributed by atoms with Gasteiger partial charge in [-0.15, -0.1) is 0 Å². The second-order valence-corrected chi connectivity index (χ2v) is 3.98. The van der Waals surface area contributed by atoms with Crippen LogP contribution in [0.25, 0.3) is 0 Å². The van der Waals surface area contributed by atoms with Gasteiger partial charge in [-0.1, -0.05) is 24.3 Å². The number of phenols is 1. The van der Waals surface area contributed by atoms with Crippen molar-refractivity contribution in [2.45, 2.75) is 6.42 Å².